The number of fused-ring (bicyclic) bond motifs is 3. The van der Waals surface area contributed by atoms with E-state index in [-0.39, 0.29) is 45.4 Å². The Balaban J connectivity index is 0.000000136. The summed E-state index contributed by atoms with van der Waals surface area (Å²) >= 11 is 10.6. The van der Waals surface area contributed by atoms with E-state index in [1.54, 1.807) is 95.5 Å². The van der Waals surface area contributed by atoms with Gasteiger partial charge in [-0.05, 0) is 131 Å². The number of ketones is 3. The number of aryl methyl sites for hydroxylation is 4. The lowest BCUT2D eigenvalue weighted by Gasteiger charge is -2.02. The first-order valence-electron chi connectivity index (χ1n) is 21.6. The lowest BCUT2D eigenvalue weighted by atomic mass is 10.1. The molecule has 11 rings (SSSR count). The molecule has 360 valence electrons. The molecule has 0 aliphatic rings. The molecular weight excluding hydrogens is 1000 g/mol. The number of halogens is 2. The number of hydrogen-bond donors (Lipinski definition) is 0. The number of thiazole rings is 3. The van der Waals surface area contributed by atoms with Crippen molar-refractivity contribution >= 4 is 102 Å². The second kappa shape index (κ2) is 20.9. The van der Waals surface area contributed by atoms with Gasteiger partial charge >= 0.3 is 0 Å². The minimum Gasteiger partial charge on any atom is -0.461 e. The SMILES string of the molecule is Cc1cn2c(/C=C/C(=O)c3ccco3)c(-c3ccc(Cl)c([N+](=O)[O-])c3)nc2s1.Cc1cn2c(/C=C/C(=O)c3ccco3)c(-c3ccc(F)cc3)nc2s1.Cc1cn2c(/C=C/C(=O)c3ccco3)c(C)nc2s1. The largest absolute Gasteiger partial charge is 0.461 e. The number of hydrogen-bond acceptors (Lipinski definition) is 14. The van der Waals surface area contributed by atoms with Crippen molar-refractivity contribution < 1.29 is 36.9 Å². The first-order chi connectivity index (χ1) is 34.7. The van der Waals surface area contributed by atoms with E-state index in [2.05, 4.69) is 15.0 Å². The number of carbonyl (C=O) groups is 3. The molecule has 0 unspecified atom stereocenters. The van der Waals surface area contributed by atoms with Crippen LogP contribution in [0.15, 0.2) is 148 Å². The quantitative estimate of drug-likeness (QED) is 0.0490. The highest BCUT2D eigenvalue weighted by atomic mass is 35.5. The Hall–Kier alpha value is -8.36. The molecule has 0 amide bonds. The predicted molar refractivity (Wildman–Crippen MR) is 277 cm³/mol. The van der Waals surface area contributed by atoms with Crippen LogP contribution in [0.5, 0.6) is 0 Å². The van der Waals surface area contributed by atoms with Crippen LogP contribution in [-0.4, -0.2) is 50.4 Å². The molecule has 0 aliphatic carbocycles. The summed E-state index contributed by atoms with van der Waals surface area (Å²) in [5.41, 5.74) is 5.60. The number of nitrogens with zero attached hydrogens (tertiary/aromatic N) is 7. The van der Waals surface area contributed by atoms with E-state index in [0.29, 0.717) is 28.4 Å². The highest BCUT2D eigenvalue weighted by Gasteiger charge is 2.20. The molecule has 0 saturated carbocycles. The Bertz CT molecular complexity index is 3870. The summed E-state index contributed by atoms with van der Waals surface area (Å²) in [4.78, 5) is 66.5. The van der Waals surface area contributed by atoms with E-state index < -0.39 is 4.92 Å². The number of nitro groups is 1. The summed E-state index contributed by atoms with van der Waals surface area (Å²) in [6, 6.07) is 20.5. The molecule has 9 heterocycles. The molecule has 20 heteroatoms. The van der Waals surface area contributed by atoms with Crippen LogP contribution < -0.4 is 0 Å². The van der Waals surface area contributed by atoms with Crippen molar-refractivity contribution in [3.05, 3.63) is 210 Å². The zero-order chi connectivity index (χ0) is 50.6. The molecule has 0 spiro atoms. The topological polar surface area (TPSA) is 186 Å². The van der Waals surface area contributed by atoms with E-state index in [9.17, 15) is 28.9 Å². The third-order valence-electron chi connectivity index (χ3n) is 10.6. The molecule has 0 bridgehead atoms. The Morgan fingerprint density at radius 3 is 1.43 bits per heavy atom. The van der Waals surface area contributed by atoms with Gasteiger partial charge in [0, 0.05) is 50.4 Å². The van der Waals surface area contributed by atoms with Gasteiger partial charge < -0.3 is 13.3 Å². The van der Waals surface area contributed by atoms with Crippen LogP contribution in [0.1, 0.15) is 69.1 Å². The molecule has 0 atom stereocenters. The lowest BCUT2D eigenvalue weighted by molar-refractivity contribution is -0.384. The number of aromatic nitrogens is 6. The summed E-state index contributed by atoms with van der Waals surface area (Å²) in [6.45, 7) is 7.92. The van der Waals surface area contributed by atoms with Crippen LogP contribution in [0.25, 0.3) is 55.6 Å². The predicted octanol–water partition coefficient (Wildman–Crippen LogP) is 13.9. The van der Waals surface area contributed by atoms with Gasteiger partial charge in [-0.2, -0.15) is 0 Å². The maximum Gasteiger partial charge on any atom is 0.288 e. The number of imidazole rings is 3. The van der Waals surface area contributed by atoms with E-state index in [4.69, 9.17) is 24.9 Å². The minimum absolute atomic E-state index is 0.0516. The Morgan fingerprint density at radius 2 is 1.00 bits per heavy atom. The van der Waals surface area contributed by atoms with E-state index in [1.807, 2.05) is 59.5 Å². The molecule has 0 aliphatic heterocycles. The maximum absolute atomic E-state index is 13.2. The van der Waals surface area contributed by atoms with Crippen LogP contribution in [0.4, 0.5) is 10.1 Å². The van der Waals surface area contributed by atoms with Gasteiger partial charge in [-0.25, -0.2) is 19.3 Å². The molecule has 9 aromatic heterocycles. The highest BCUT2D eigenvalue weighted by molar-refractivity contribution is 7.17. The molecule has 0 radical (unpaired) electrons. The van der Waals surface area contributed by atoms with E-state index in [0.717, 1.165) is 47.3 Å². The Labute approximate surface area is 424 Å². The molecule has 0 N–H and O–H groups in total. The van der Waals surface area contributed by atoms with Crippen molar-refractivity contribution in [3.8, 4) is 22.5 Å². The molecule has 72 heavy (non-hydrogen) atoms. The third-order valence-corrected chi connectivity index (χ3v) is 13.6. The van der Waals surface area contributed by atoms with Crippen LogP contribution in [0.2, 0.25) is 5.02 Å². The monoisotopic (exact) mass is 1040 g/mol. The molecule has 0 fully saturated rings. The van der Waals surface area contributed by atoms with Gasteiger partial charge in [0.15, 0.2) is 32.2 Å². The minimum atomic E-state index is -0.537. The van der Waals surface area contributed by atoms with Crippen LogP contribution in [0.3, 0.4) is 0 Å². The van der Waals surface area contributed by atoms with Crippen molar-refractivity contribution in [2.45, 2.75) is 27.7 Å². The smallest absolute Gasteiger partial charge is 0.288 e. The maximum atomic E-state index is 13.2. The van der Waals surface area contributed by atoms with Gasteiger partial charge in [-0.3, -0.25) is 37.7 Å². The van der Waals surface area contributed by atoms with Crippen molar-refractivity contribution in [2.24, 2.45) is 0 Å². The number of carbonyl (C=O) groups excluding carboxylic acids is 3. The number of nitro benzene ring substituents is 1. The number of furan rings is 3. The average Bonchev–Trinajstić information content (AvgIpc) is 4.21. The summed E-state index contributed by atoms with van der Waals surface area (Å²) in [5, 5.41) is 11.3. The normalized spacial score (nSPS) is 11.6. The first-order valence-corrected chi connectivity index (χ1v) is 24.4. The summed E-state index contributed by atoms with van der Waals surface area (Å²) in [7, 11) is 0. The van der Waals surface area contributed by atoms with Crippen molar-refractivity contribution in [1.29, 1.82) is 0 Å². The number of benzene rings is 2. The molecular formula is C52H37ClFN7O8S3. The fourth-order valence-electron chi connectivity index (χ4n) is 7.34. The van der Waals surface area contributed by atoms with Gasteiger partial charge in [-0.15, -0.1) is 34.0 Å². The standard InChI is InChI=1S/C19H12ClN3O4S.C19H13FN2O2S.C14H12N2O2S/c1-11-10-22-14(6-7-16(24)17-3-2-8-27-17)18(21-19(22)28-11)12-4-5-13(20)15(9-12)23(25)26;1-12-11-22-15(8-9-16(23)17-3-2-10-24-17)18(21-19(22)25-12)13-4-6-14(20)7-5-13;1-9-8-16-11(10(2)15-14(16)19-9)5-6-12(17)13-4-3-7-18-13/h2-10H,1H3;2-11H,1H3;3-8H,1-2H3/b7-6+;9-8+;6-5+. The second-order valence-electron chi connectivity index (χ2n) is 15.7. The van der Waals surface area contributed by atoms with Gasteiger partial charge in [0.1, 0.15) is 10.8 Å². The molecule has 15 nitrogen and oxygen atoms in total. The zero-order valence-corrected chi connectivity index (χ0v) is 41.5. The Kier molecular flexibility index (Phi) is 14.1. The highest BCUT2D eigenvalue weighted by Crippen LogP contribution is 2.35. The summed E-state index contributed by atoms with van der Waals surface area (Å²) in [5.74, 6) is -0.117. The molecule has 0 saturated heterocycles. The summed E-state index contributed by atoms with van der Waals surface area (Å²) in [6.07, 6.45) is 19.8. The molecule has 2 aromatic carbocycles. The summed E-state index contributed by atoms with van der Waals surface area (Å²) < 4.78 is 34.3. The second-order valence-corrected chi connectivity index (χ2v) is 19.8. The van der Waals surface area contributed by atoms with E-state index in [1.165, 1.54) is 77.5 Å². The average molecular weight is 1040 g/mol. The lowest BCUT2D eigenvalue weighted by Crippen LogP contribution is -1.93. The third kappa shape index (κ3) is 10.5. The van der Waals surface area contributed by atoms with Gasteiger partial charge in [0.2, 0.25) is 17.3 Å². The first kappa shape index (κ1) is 48.7. The van der Waals surface area contributed by atoms with Gasteiger partial charge in [-0.1, -0.05) is 17.7 Å². The fourth-order valence-corrected chi connectivity index (χ4v) is 10.1. The van der Waals surface area contributed by atoms with Crippen molar-refractivity contribution in [1.82, 2.24) is 28.2 Å². The zero-order valence-electron chi connectivity index (χ0n) is 38.3. The van der Waals surface area contributed by atoms with Crippen molar-refractivity contribution in [2.75, 3.05) is 0 Å². The number of rotatable bonds is 12. The number of allylic oxidation sites excluding steroid dienone is 3. The van der Waals surface area contributed by atoms with E-state index >= 15 is 0 Å². The van der Waals surface area contributed by atoms with Crippen LogP contribution >= 0.6 is 45.6 Å². The van der Waals surface area contributed by atoms with Crippen LogP contribution in [-0.2, 0) is 0 Å². The fraction of sp³-hybridized carbons (Fsp3) is 0.0769. The van der Waals surface area contributed by atoms with Crippen LogP contribution in [0, 0.1) is 43.6 Å². The Morgan fingerprint density at radius 1 is 0.597 bits per heavy atom. The van der Waals surface area contributed by atoms with Gasteiger partial charge in [0.25, 0.3) is 5.69 Å². The molecule has 11 aromatic rings. The van der Waals surface area contributed by atoms with Crippen molar-refractivity contribution in [3.63, 3.8) is 0 Å². The van der Waals surface area contributed by atoms with Gasteiger partial charge in [0.05, 0.1) is 57.9 Å².